The monoisotopic (exact) mass is 283 g/mol. The van der Waals surface area contributed by atoms with E-state index in [1.54, 1.807) is 12.1 Å². The molecule has 18 heavy (non-hydrogen) atoms. The number of non-ortho nitro benzene ring substituents is 1. The van der Waals surface area contributed by atoms with Crippen molar-refractivity contribution in [2.75, 3.05) is 0 Å². The number of benzene rings is 1. The van der Waals surface area contributed by atoms with Crippen molar-refractivity contribution < 1.29 is 14.5 Å². The zero-order chi connectivity index (χ0) is 13.1. The standard InChI is InChI=1S/C11H6ClNO4S/c12-10-6-5-9(18-10)11(14)17-8-3-1-7(2-4-8)13(15)16/h1-6H. The number of nitro benzene ring substituents is 1. The lowest BCUT2D eigenvalue weighted by Gasteiger charge is -2.01. The van der Waals surface area contributed by atoms with Crippen molar-refractivity contribution in [3.63, 3.8) is 0 Å². The molecule has 92 valence electrons. The number of halogens is 1. The van der Waals surface area contributed by atoms with Gasteiger partial charge in [0.1, 0.15) is 10.6 Å². The number of nitro groups is 1. The first-order valence-corrected chi connectivity index (χ1v) is 5.97. The molecule has 5 nitrogen and oxygen atoms in total. The van der Waals surface area contributed by atoms with E-state index in [1.807, 2.05) is 0 Å². The Morgan fingerprint density at radius 1 is 1.22 bits per heavy atom. The zero-order valence-electron chi connectivity index (χ0n) is 8.83. The summed E-state index contributed by atoms with van der Waals surface area (Å²) in [5, 5.41) is 10.4. The number of carbonyl (C=O) groups is 1. The van der Waals surface area contributed by atoms with E-state index in [-0.39, 0.29) is 11.4 Å². The number of ether oxygens (including phenoxy) is 1. The molecule has 0 saturated carbocycles. The topological polar surface area (TPSA) is 69.4 Å². The van der Waals surface area contributed by atoms with Gasteiger partial charge in [0.15, 0.2) is 0 Å². The largest absolute Gasteiger partial charge is 0.422 e. The fourth-order valence-electron chi connectivity index (χ4n) is 1.22. The summed E-state index contributed by atoms with van der Waals surface area (Å²) in [5.41, 5.74) is -0.0611. The van der Waals surface area contributed by atoms with Crippen LogP contribution in [0.3, 0.4) is 0 Å². The summed E-state index contributed by atoms with van der Waals surface area (Å²) in [5.74, 6) is -0.295. The first-order valence-electron chi connectivity index (χ1n) is 4.78. The Morgan fingerprint density at radius 3 is 2.39 bits per heavy atom. The molecule has 0 aliphatic rings. The molecule has 0 amide bonds. The van der Waals surface area contributed by atoms with E-state index in [2.05, 4.69) is 0 Å². The molecule has 2 aromatic rings. The lowest BCUT2D eigenvalue weighted by Crippen LogP contribution is -2.06. The molecule has 1 heterocycles. The predicted molar refractivity (Wildman–Crippen MR) is 67.4 cm³/mol. The Kier molecular flexibility index (Phi) is 3.59. The van der Waals surface area contributed by atoms with Gasteiger partial charge >= 0.3 is 5.97 Å². The zero-order valence-corrected chi connectivity index (χ0v) is 10.4. The van der Waals surface area contributed by atoms with Crippen LogP contribution in [0.5, 0.6) is 5.75 Å². The number of esters is 1. The normalized spacial score (nSPS) is 10.1. The van der Waals surface area contributed by atoms with Crippen molar-refractivity contribution >= 4 is 34.6 Å². The summed E-state index contributed by atoms with van der Waals surface area (Å²) in [6, 6.07) is 8.42. The van der Waals surface area contributed by atoms with Crippen molar-refractivity contribution in [1.82, 2.24) is 0 Å². The molecule has 7 heteroatoms. The maximum absolute atomic E-state index is 11.6. The molecule has 0 atom stereocenters. The highest BCUT2D eigenvalue weighted by molar-refractivity contribution is 7.17. The second kappa shape index (κ2) is 5.16. The molecule has 0 fully saturated rings. The van der Waals surface area contributed by atoms with Gasteiger partial charge in [-0.2, -0.15) is 0 Å². The van der Waals surface area contributed by atoms with E-state index in [0.717, 1.165) is 11.3 Å². The Labute approximate surface area is 111 Å². The number of thiophene rings is 1. The van der Waals surface area contributed by atoms with Crippen LogP contribution in [0.1, 0.15) is 9.67 Å². The quantitative estimate of drug-likeness (QED) is 0.374. The van der Waals surface area contributed by atoms with Crippen molar-refractivity contribution in [3.05, 3.63) is 55.7 Å². The summed E-state index contributed by atoms with van der Waals surface area (Å²) in [6.07, 6.45) is 0. The van der Waals surface area contributed by atoms with Crippen LogP contribution in [0.15, 0.2) is 36.4 Å². The van der Waals surface area contributed by atoms with Gasteiger partial charge in [0.25, 0.3) is 5.69 Å². The third-order valence-corrected chi connectivity index (χ3v) is 3.24. The number of hydrogen-bond donors (Lipinski definition) is 0. The molecule has 1 aromatic heterocycles. The second-order valence-corrected chi connectivity index (χ2v) is 4.96. The maximum Gasteiger partial charge on any atom is 0.353 e. The van der Waals surface area contributed by atoms with Gasteiger partial charge in [-0.15, -0.1) is 11.3 Å². The predicted octanol–water partition coefficient (Wildman–Crippen LogP) is 3.53. The smallest absolute Gasteiger partial charge is 0.353 e. The molecule has 0 N–H and O–H groups in total. The summed E-state index contributed by atoms with van der Waals surface area (Å²) >= 11 is 6.80. The van der Waals surface area contributed by atoms with Gasteiger partial charge < -0.3 is 4.74 Å². The highest BCUT2D eigenvalue weighted by atomic mass is 35.5. The highest BCUT2D eigenvalue weighted by Crippen LogP contribution is 2.24. The molecular weight excluding hydrogens is 278 g/mol. The molecule has 0 spiro atoms. The third kappa shape index (κ3) is 2.85. The van der Waals surface area contributed by atoms with Gasteiger partial charge in [0.05, 0.1) is 9.26 Å². The lowest BCUT2D eigenvalue weighted by molar-refractivity contribution is -0.384. The molecule has 0 aliphatic carbocycles. The van der Waals surface area contributed by atoms with E-state index in [9.17, 15) is 14.9 Å². The minimum absolute atomic E-state index is 0.0611. The van der Waals surface area contributed by atoms with Crippen molar-refractivity contribution in [2.45, 2.75) is 0 Å². The number of nitrogens with zero attached hydrogens (tertiary/aromatic N) is 1. The van der Waals surface area contributed by atoms with Gasteiger partial charge in [-0.3, -0.25) is 10.1 Å². The number of hydrogen-bond acceptors (Lipinski definition) is 5. The van der Waals surface area contributed by atoms with Crippen molar-refractivity contribution in [3.8, 4) is 5.75 Å². The summed E-state index contributed by atoms with van der Waals surface area (Å²) in [7, 11) is 0. The summed E-state index contributed by atoms with van der Waals surface area (Å²) in [6.45, 7) is 0. The van der Waals surface area contributed by atoms with Gasteiger partial charge in [0.2, 0.25) is 0 Å². The highest BCUT2D eigenvalue weighted by Gasteiger charge is 2.12. The van der Waals surface area contributed by atoms with Crippen molar-refractivity contribution in [2.24, 2.45) is 0 Å². The van der Waals surface area contributed by atoms with E-state index in [1.165, 1.54) is 24.3 Å². The molecule has 0 saturated heterocycles. The van der Waals surface area contributed by atoms with E-state index in [0.29, 0.717) is 9.21 Å². The number of rotatable bonds is 3. The van der Waals surface area contributed by atoms with E-state index < -0.39 is 10.9 Å². The summed E-state index contributed by atoms with van der Waals surface area (Å²) in [4.78, 5) is 21.9. The van der Waals surface area contributed by atoms with Gasteiger partial charge in [-0.25, -0.2) is 4.79 Å². The molecule has 1 aromatic carbocycles. The van der Waals surface area contributed by atoms with Crippen LogP contribution in [-0.4, -0.2) is 10.9 Å². The Hall–Kier alpha value is -1.92. The van der Waals surface area contributed by atoms with Crippen LogP contribution in [0, 0.1) is 10.1 Å². The number of carbonyl (C=O) groups excluding carboxylic acids is 1. The molecule has 0 bridgehead atoms. The minimum Gasteiger partial charge on any atom is -0.422 e. The van der Waals surface area contributed by atoms with Crippen LogP contribution in [-0.2, 0) is 0 Å². The van der Waals surface area contributed by atoms with Crippen LogP contribution < -0.4 is 4.74 Å². The van der Waals surface area contributed by atoms with Gasteiger partial charge in [-0.1, -0.05) is 11.6 Å². The van der Waals surface area contributed by atoms with Gasteiger partial charge in [0, 0.05) is 12.1 Å². The first kappa shape index (κ1) is 12.5. The SMILES string of the molecule is O=C(Oc1ccc([N+](=O)[O-])cc1)c1ccc(Cl)s1. The van der Waals surface area contributed by atoms with Crippen LogP contribution in [0.2, 0.25) is 4.34 Å². The first-order chi connectivity index (χ1) is 8.56. The average molecular weight is 284 g/mol. The summed E-state index contributed by atoms with van der Waals surface area (Å²) < 4.78 is 5.53. The fraction of sp³-hybridized carbons (Fsp3) is 0. The molecule has 0 unspecified atom stereocenters. The average Bonchev–Trinajstić information content (AvgIpc) is 2.76. The van der Waals surface area contributed by atoms with Crippen LogP contribution in [0.4, 0.5) is 5.69 Å². The molecular formula is C11H6ClNO4S. The molecule has 0 aliphatic heterocycles. The van der Waals surface area contributed by atoms with E-state index >= 15 is 0 Å². The minimum atomic E-state index is -0.541. The second-order valence-electron chi connectivity index (χ2n) is 3.24. The Morgan fingerprint density at radius 2 is 1.89 bits per heavy atom. The Balaban J connectivity index is 2.10. The maximum atomic E-state index is 11.6. The molecule has 0 radical (unpaired) electrons. The lowest BCUT2D eigenvalue weighted by atomic mass is 10.3. The molecule has 2 rings (SSSR count). The fourth-order valence-corrected chi connectivity index (χ4v) is 2.14. The van der Waals surface area contributed by atoms with E-state index in [4.69, 9.17) is 16.3 Å². The third-order valence-electron chi connectivity index (χ3n) is 2.03. The van der Waals surface area contributed by atoms with Crippen LogP contribution >= 0.6 is 22.9 Å². The Bertz CT molecular complexity index is 593. The van der Waals surface area contributed by atoms with Crippen LogP contribution in [0.25, 0.3) is 0 Å². The van der Waals surface area contributed by atoms with Gasteiger partial charge in [-0.05, 0) is 24.3 Å². The van der Waals surface area contributed by atoms with Crippen molar-refractivity contribution in [1.29, 1.82) is 0 Å².